The van der Waals surface area contributed by atoms with Crippen LogP contribution in [0.3, 0.4) is 0 Å². The second kappa shape index (κ2) is 4.52. The molecule has 0 aromatic heterocycles. The Bertz CT molecular complexity index is 310. The number of morpholine rings is 1. The van der Waals surface area contributed by atoms with Crippen LogP contribution in [-0.4, -0.2) is 67.7 Å². The normalized spacial score (nSPS) is 23.4. The molecule has 2 rings (SSSR count). The zero-order chi connectivity index (χ0) is 12.5. The predicted molar refractivity (Wildman–Crippen MR) is 61.6 cm³/mol. The third kappa shape index (κ3) is 2.52. The lowest BCUT2D eigenvalue weighted by molar-refractivity contribution is -0.149. The Balaban J connectivity index is 1.89. The summed E-state index contributed by atoms with van der Waals surface area (Å²) in [6.07, 6.45) is 1.57. The molecule has 2 fully saturated rings. The number of urea groups is 1. The number of hydrogen-bond donors (Lipinski definition) is 1. The van der Waals surface area contributed by atoms with Crippen LogP contribution in [0, 0.1) is 0 Å². The van der Waals surface area contributed by atoms with E-state index in [1.165, 1.54) is 0 Å². The molecule has 0 radical (unpaired) electrons. The van der Waals surface area contributed by atoms with Gasteiger partial charge >= 0.3 is 6.03 Å². The van der Waals surface area contributed by atoms with Gasteiger partial charge in [-0.1, -0.05) is 0 Å². The Hall–Kier alpha value is -1.30. The van der Waals surface area contributed by atoms with E-state index in [1.807, 2.05) is 4.90 Å². The summed E-state index contributed by atoms with van der Waals surface area (Å²) < 4.78 is 5.64. The summed E-state index contributed by atoms with van der Waals surface area (Å²) >= 11 is 0. The molecule has 1 spiro atoms. The molecule has 3 amide bonds. The van der Waals surface area contributed by atoms with Gasteiger partial charge < -0.3 is 19.9 Å². The van der Waals surface area contributed by atoms with Crippen molar-refractivity contribution < 1.29 is 14.3 Å². The summed E-state index contributed by atoms with van der Waals surface area (Å²) in [7, 11) is 3.51. The van der Waals surface area contributed by atoms with Crippen molar-refractivity contribution in [3.05, 3.63) is 0 Å². The predicted octanol–water partition coefficient (Wildman–Crippen LogP) is -0.351. The van der Waals surface area contributed by atoms with E-state index in [1.54, 1.807) is 19.0 Å². The van der Waals surface area contributed by atoms with Gasteiger partial charge in [0.1, 0.15) is 6.61 Å². The van der Waals surface area contributed by atoms with Crippen molar-refractivity contribution in [1.82, 2.24) is 15.1 Å². The van der Waals surface area contributed by atoms with Crippen LogP contribution in [0.25, 0.3) is 0 Å². The van der Waals surface area contributed by atoms with Crippen molar-refractivity contribution in [2.75, 3.05) is 40.3 Å². The first-order valence-corrected chi connectivity index (χ1v) is 5.89. The molecular weight excluding hydrogens is 222 g/mol. The quantitative estimate of drug-likeness (QED) is 0.630. The van der Waals surface area contributed by atoms with Gasteiger partial charge in [-0.15, -0.1) is 0 Å². The lowest BCUT2D eigenvalue weighted by Gasteiger charge is -2.44. The van der Waals surface area contributed by atoms with Crippen molar-refractivity contribution in [3.63, 3.8) is 0 Å². The van der Waals surface area contributed by atoms with Crippen molar-refractivity contribution in [1.29, 1.82) is 0 Å². The minimum atomic E-state index is -0.253. The molecule has 0 unspecified atom stereocenters. The van der Waals surface area contributed by atoms with Crippen molar-refractivity contribution >= 4 is 11.9 Å². The molecule has 2 aliphatic rings. The summed E-state index contributed by atoms with van der Waals surface area (Å²) in [6, 6.07) is 0.0414. The lowest BCUT2D eigenvalue weighted by Crippen LogP contribution is -2.58. The number of nitrogens with zero attached hydrogens (tertiary/aromatic N) is 2. The Morgan fingerprint density at radius 2 is 2.06 bits per heavy atom. The van der Waals surface area contributed by atoms with Gasteiger partial charge in [0.15, 0.2) is 0 Å². The van der Waals surface area contributed by atoms with Gasteiger partial charge in [0.2, 0.25) is 5.91 Å². The van der Waals surface area contributed by atoms with E-state index in [0.717, 1.165) is 12.8 Å². The highest BCUT2D eigenvalue weighted by atomic mass is 16.5. The minimum absolute atomic E-state index is 0.0414. The van der Waals surface area contributed by atoms with Gasteiger partial charge in [-0.25, -0.2) is 4.79 Å². The molecule has 96 valence electrons. The zero-order valence-corrected chi connectivity index (χ0v) is 10.4. The van der Waals surface area contributed by atoms with Crippen LogP contribution in [0.5, 0.6) is 0 Å². The zero-order valence-electron chi connectivity index (χ0n) is 10.4. The number of nitrogens with one attached hydrogen (secondary N) is 1. The Morgan fingerprint density at radius 1 is 1.41 bits per heavy atom. The van der Waals surface area contributed by atoms with Crippen LogP contribution in [0.2, 0.25) is 0 Å². The van der Waals surface area contributed by atoms with E-state index < -0.39 is 0 Å². The monoisotopic (exact) mass is 241 g/mol. The summed E-state index contributed by atoms with van der Waals surface area (Å²) in [5, 5.41) is 2.83. The molecule has 0 aliphatic carbocycles. The smallest absolute Gasteiger partial charge is 0.319 e. The SMILES string of the molecule is CN(C)C(=O)N1CCC2(CC1)CNC(=O)CO2. The van der Waals surface area contributed by atoms with Crippen molar-refractivity contribution in [2.24, 2.45) is 0 Å². The summed E-state index contributed by atoms with van der Waals surface area (Å²) in [4.78, 5) is 26.2. The van der Waals surface area contributed by atoms with Gasteiger partial charge in [-0.05, 0) is 12.8 Å². The van der Waals surface area contributed by atoms with Crippen molar-refractivity contribution in [2.45, 2.75) is 18.4 Å². The number of amides is 3. The highest BCUT2D eigenvalue weighted by molar-refractivity contribution is 5.78. The second-order valence-corrected chi connectivity index (χ2v) is 4.91. The van der Waals surface area contributed by atoms with Gasteiger partial charge in [0, 0.05) is 33.7 Å². The van der Waals surface area contributed by atoms with E-state index in [9.17, 15) is 9.59 Å². The molecular formula is C11H19N3O3. The third-order valence-corrected chi connectivity index (χ3v) is 3.44. The molecule has 2 saturated heterocycles. The van der Waals surface area contributed by atoms with E-state index in [4.69, 9.17) is 4.74 Å². The highest BCUT2D eigenvalue weighted by Crippen LogP contribution is 2.27. The van der Waals surface area contributed by atoms with E-state index in [0.29, 0.717) is 19.6 Å². The highest BCUT2D eigenvalue weighted by Gasteiger charge is 2.40. The second-order valence-electron chi connectivity index (χ2n) is 4.91. The summed E-state index contributed by atoms with van der Waals surface area (Å²) in [6.45, 7) is 2.08. The molecule has 0 bridgehead atoms. The number of piperidine rings is 1. The van der Waals surface area contributed by atoms with Gasteiger partial charge in [0.25, 0.3) is 0 Å². The molecule has 0 atom stereocenters. The van der Waals surface area contributed by atoms with Gasteiger partial charge in [0.05, 0.1) is 5.60 Å². The van der Waals surface area contributed by atoms with Crippen LogP contribution in [0.4, 0.5) is 4.79 Å². The molecule has 6 nitrogen and oxygen atoms in total. The molecule has 0 aromatic rings. The first-order chi connectivity index (χ1) is 8.02. The van der Waals surface area contributed by atoms with Crippen LogP contribution in [-0.2, 0) is 9.53 Å². The number of hydrogen-bond acceptors (Lipinski definition) is 3. The molecule has 6 heteroatoms. The fraction of sp³-hybridized carbons (Fsp3) is 0.818. The van der Waals surface area contributed by atoms with Crippen LogP contribution >= 0.6 is 0 Å². The van der Waals surface area contributed by atoms with E-state index in [-0.39, 0.29) is 24.1 Å². The van der Waals surface area contributed by atoms with Crippen LogP contribution in [0.15, 0.2) is 0 Å². The Kier molecular flexibility index (Phi) is 3.24. The topological polar surface area (TPSA) is 61.9 Å². The molecule has 2 aliphatic heterocycles. The molecule has 1 N–H and O–H groups in total. The molecule has 0 aromatic carbocycles. The number of carbonyl (C=O) groups is 2. The first kappa shape index (κ1) is 12.2. The Morgan fingerprint density at radius 3 is 2.53 bits per heavy atom. The number of ether oxygens (including phenoxy) is 1. The largest absolute Gasteiger partial charge is 0.363 e. The summed E-state index contributed by atoms with van der Waals surface area (Å²) in [5.74, 6) is -0.0533. The van der Waals surface area contributed by atoms with Crippen LogP contribution in [0.1, 0.15) is 12.8 Å². The minimum Gasteiger partial charge on any atom is -0.363 e. The number of likely N-dealkylation sites (tertiary alicyclic amines) is 1. The Labute approximate surface area is 101 Å². The van der Waals surface area contributed by atoms with Gasteiger partial charge in [-0.3, -0.25) is 4.79 Å². The number of carbonyl (C=O) groups excluding carboxylic acids is 2. The molecule has 17 heavy (non-hydrogen) atoms. The first-order valence-electron chi connectivity index (χ1n) is 5.89. The van der Waals surface area contributed by atoms with Crippen LogP contribution < -0.4 is 5.32 Å². The fourth-order valence-electron chi connectivity index (χ4n) is 2.29. The van der Waals surface area contributed by atoms with E-state index in [2.05, 4.69) is 5.32 Å². The maximum atomic E-state index is 11.8. The molecule has 2 heterocycles. The van der Waals surface area contributed by atoms with E-state index >= 15 is 0 Å². The summed E-state index contributed by atoms with van der Waals surface area (Å²) in [5.41, 5.74) is -0.253. The van der Waals surface area contributed by atoms with Gasteiger partial charge in [-0.2, -0.15) is 0 Å². The molecule has 0 saturated carbocycles. The number of rotatable bonds is 0. The fourth-order valence-corrected chi connectivity index (χ4v) is 2.29. The third-order valence-electron chi connectivity index (χ3n) is 3.44. The average Bonchev–Trinajstić information content (AvgIpc) is 2.33. The standard InChI is InChI=1S/C11H19N3O3/c1-13(2)10(16)14-5-3-11(4-6-14)8-12-9(15)7-17-11/h3-8H2,1-2H3,(H,12,15). The van der Waals surface area contributed by atoms with Crippen molar-refractivity contribution in [3.8, 4) is 0 Å². The lowest BCUT2D eigenvalue weighted by atomic mass is 9.90. The average molecular weight is 241 g/mol. The maximum Gasteiger partial charge on any atom is 0.319 e. The maximum absolute atomic E-state index is 11.8.